The van der Waals surface area contributed by atoms with Gasteiger partial charge < -0.3 is 10.1 Å². The van der Waals surface area contributed by atoms with Gasteiger partial charge in [-0.3, -0.25) is 4.79 Å². The van der Waals surface area contributed by atoms with Gasteiger partial charge in [0.15, 0.2) is 5.78 Å². The molecule has 1 fully saturated rings. The number of nitrogens with one attached hydrogen (secondary N) is 1. The summed E-state index contributed by atoms with van der Waals surface area (Å²) in [7, 11) is 0. The number of ketones is 1. The van der Waals surface area contributed by atoms with Crippen molar-refractivity contribution in [2.45, 2.75) is 26.8 Å². The Hall–Kier alpha value is -1.06. The first kappa shape index (κ1) is 9.03. The van der Waals surface area contributed by atoms with Crippen LogP contribution >= 0.6 is 0 Å². The second kappa shape index (κ2) is 2.77. The standard InChI is InChI=1S/C8H13NO3/c1-8(2,3)6(10)5-4-12-7(11)9-5/h5H,4H2,1-3H3,(H,9,11). The zero-order valence-electron chi connectivity index (χ0n) is 7.51. The minimum absolute atomic E-state index is 0.00773. The van der Waals surface area contributed by atoms with Gasteiger partial charge in [0.25, 0.3) is 0 Å². The predicted molar refractivity (Wildman–Crippen MR) is 42.7 cm³/mol. The van der Waals surface area contributed by atoms with Gasteiger partial charge in [-0.25, -0.2) is 4.79 Å². The van der Waals surface area contributed by atoms with Gasteiger partial charge in [-0.2, -0.15) is 0 Å². The summed E-state index contributed by atoms with van der Waals surface area (Å²) in [6.07, 6.45) is -0.502. The highest BCUT2D eigenvalue weighted by Gasteiger charge is 2.35. The Morgan fingerprint density at radius 3 is 2.50 bits per heavy atom. The molecule has 1 saturated heterocycles. The smallest absolute Gasteiger partial charge is 0.407 e. The molecule has 1 amide bonds. The molecule has 1 aliphatic heterocycles. The molecule has 0 aromatic heterocycles. The quantitative estimate of drug-likeness (QED) is 0.632. The van der Waals surface area contributed by atoms with Crippen LogP contribution in [0.3, 0.4) is 0 Å². The average molecular weight is 171 g/mol. The van der Waals surface area contributed by atoms with E-state index < -0.39 is 17.6 Å². The van der Waals surface area contributed by atoms with Gasteiger partial charge in [0, 0.05) is 5.41 Å². The summed E-state index contributed by atoms with van der Waals surface area (Å²) < 4.78 is 4.61. The van der Waals surface area contributed by atoms with Gasteiger partial charge in [-0.15, -0.1) is 0 Å². The Balaban J connectivity index is 2.61. The number of hydrogen-bond acceptors (Lipinski definition) is 3. The minimum atomic E-state index is -0.502. The maximum absolute atomic E-state index is 11.5. The van der Waals surface area contributed by atoms with Gasteiger partial charge in [-0.05, 0) is 0 Å². The van der Waals surface area contributed by atoms with E-state index in [4.69, 9.17) is 0 Å². The van der Waals surface area contributed by atoms with E-state index in [1.165, 1.54) is 0 Å². The third kappa shape index (κ3) is 1.75. The third-order valence-corrected chi connectivity index (χ3v) is 1.73. The van der Waals surface area contributed by atoms with E-state index in [0.29, 0.717) is 0 Å². The fourth-order valence-electron chi connectivity index (χ4n) is 1.05. The molecule has 1 N–H and O–H groups in total. The van der Waals surface area contributed by atoms with Crippen molar-refractivity contribution in [2.24, 2.45) is 5.41 Å². The van der Waals surface area contributed by atoms with E-state index in [1.807, 2.05) is 20.8 Å². The van der Waals surface area contributed by atoms with Gasteiger partial charge >= 0.3 is 6.09 Å². The molecule has 1 atom stereocenters. The lowest BCUT2D eigenvalue weighted by Crippen LogP contribution is -2.41. The number of Topliss-reactive ketones (excluding diaryl/α,β-unsaturated/α-hetero) is 1. The summed E-state index contributed by atoms with van der Waals surface area (Å²) >= 11 is 0. The number of carbonyl (C=O) groups is 2. The fraction of sp³-hybridized carbons (Fsp3) is 0.750. The average Bonchev–Trinajstić information content (AvgIpc) is 2.32. The van der Waals surface area contributed by atoms with Gasteiger partial charge in [0.05, 0.1) is 0 Å². The summed E-state index contributed by atoms with van der Waals surface area (Å²) in [6, 6.07) is -0.461. The van der Waals surface area contributed by atoms with Crippen molar-refractivity contribution in [2.75, 3.05) is 6.61 Å². The van der Waals surface area contributed by atoms with Crippen molar-refractivity contribution < 1.29 is 14.3 Å². The first-order valence-electron chi connectivity index (χ1n) is 3.89. The maximum Gasteiger partial charge on any atom is 0.407 e. The molecule has 0 aliphatic carbocycles. The number of alkyl carbamates (subject to hydrolysis) is 1. The first-order chi connectivity index (χ1) is 5.41. The predicted octanol–water partition coefficient (Wildman–Crippen LogP) is 0.710. The Morgan fingerprint density at radius 2 is 2.17 bits per heavy atom. The Labute approximate surface area is 71.3 Å². The molecule has 1 unspecified atom stereocenters. The van der Waals surface area contributed by atoms with Crippen LogP contribution in [0.15, 0.2) is 0 Å². The lowest BCUT2D eigenvalue weighted by Gasteiger charge is -2.19. The molecule has 0 bridgehead atoms. The van der Waals surface area contributed by atoms with Crippen LogP contribution < -0.4 is 5.32 Å². The molecule has 4 nitrogen and oxygen atoms in total. The number of ether oxygens (including phenoxy) is 1. The molecule has 0 radical (unpaired) electrons. The molecule has 1 aliphatic rings. The van der Waals surface area contributed by atoms with E-state index >= 15 is 0 Å². The van der Waals surface area contributed by atoms with E-state index in [2.05, 4.69) is 10.1 Å². The zero-order chi connectivity index (χ0) is 9.35. The normalized spacial score (nSPS) is 23.2. The number of amides is 1. The molecule has 0 aromatic carbocycles. The van der Waals surface area contributed by atoms with Crippen LogP contribution in [0, 0.1) is 5.41 Å². The van der Waals surface area contributed by atoms with Crippen LogP contribution in [0.25, 0.3) is 0 Å². The van der Waals surface area contributed by atoms with Gasteiger partial charge in [0.2, 0.25) is 0 Å². The van der Waals surface area contributed by atoms with E-state index in [1.54, 1.807) is 0 Å². The van der Waals surface area contributed by atoms with Crippen LogP contribution in [0.1, 0.15) is 20.8 Å². The number of hydrogen-bond donors (Lipinski definition) is 1. The lowest BCUT2D eigenvalue weighted by molar-refractivity contribution is -0.128. The van der Waals surface area contributed by atoms with Gasteiger partial charge in [-0.1, -0.05) is 20.8 Å². The minimum Gasteiger partial charge on any atom is -0.447 e. The Kier molecular flexibility index (Phi) is 2.08. The van der Waals surface area contributed by atoms with Crippen molar-refractivity contribution in [1.82, 2.24) is 5.32 Å². The maximum atomic E-state index is 11.5. The summed E-state index contributed by atoms with van der Waals surface area (Å²) in [5.41, 5.74) is -0.425. The summed E-state index contributed by atoms with van der Waals surface area (Å²) in [6.45, 7) is 5.62. The van der Waals surface area contributed by atoms with Crippen LogP contribution in [-0.4, -0.2) is 24.5 Å². The largest absolute Gasteiger partial charge is 0.447 e. The third-order valence-electron chi connectivity index (χ3n) is 1.73. The highest BCUT2D eigenvalue weighted by molar-refractivity contribution is 5.92. The Bertz CT molecular complexity index is 217. The molecular formula is C8H13NO3. The lowest BCUT2D eigenvalue weighted by atomic mass is 9.87. The van der Waals surface area contributed by atoms with Crippen LogP contribution in [0.5, 0.6) is 0 Å². The van der Waals surface area contributed by atoms with E-state index in [9.17, 15) is 9.59 Å². The summed E-state index contributed by atoms with van der Waals surface area (Å²) in [4.78, 5) is 22.1. The monoisotopic (exact) mass is 171 g/mol. The highest BCUT2D eigenvalue weighted by Crippen LogP contribution is 2.18. The first-order valence-corrected chi connectivity index (χ1v) is 3.89. The molecule has 68 valence electrons. The molecule has 0 aromatic rings. The van der Waals surface area contributed by atoms with Crippen molar-refractivity contribution in [3.05, 3.63) is 0 Å². The summed E-state index contributed by atoms with van der Waals surface area (Å²) in [5.74, 6) is 0.00773. The molecule has 1 rings (SSSR count). The van der Waals surface area contributed by atoms with Gasteiger partial charge in [0.1, 0.15) is 12.6 Å². The molecular weight excluding hydrogens is 158 g/mol. The topological polar surface area (TPSA) is 55.4 Å². The van der Waals surface area contributed by atoms with Crippen LogP contribution in [0.2, 0.25) is 0 Å². The van der Waals surface area contributed by atoms with Crippen LogP contribution in [0.4, 0.5) is 4.79 Å². The molecule has 0 spiro atoms. The number of carbonyl (C=O) groups excluding carboxylic acids is 2. The zero-order valence-corrected chi connectivity index (χ0v) is 7.51. The van der Waals surface area contributed by atoms with Crippen molar-refractivity contribution in [3.8, 4) is 0 Å². The fourth-order valence-corrected chi connectivity index (χ4v) is 1.05. The van der Waals surface area contributed by atoms with E-state index in [0.717, 1.165) is 0 Å². The summed E-state index contributed by atoms with van der Waals surface area (Å²) in [5, 5.41) is 2.45. The second-order valence-corrected chi connectivity index (χ2v) is 3.91. The number of rotatable bonds is 1. The van der Waals surface area contributed by atoms with Crippen LogP contribution in [-0.2, 0) is 9.53 Å². The van der Waals surface area contributed by atoms with Crippen molar-refractivity contribution >= 4 is 11.9 Å². The molecule has 1 heterocycles. The second-order valence-electron chi connectivity index (χ2n) is 3.91. The Morgan fingerprint density at radius 1 is 1.58 bits per heavy atom. The molecule has 4 heteroatoms. The number of cyclic esters (lactones) is 1. The van der Waals surface area contributed by atoms with Crippen molar-refractivity contribution in [1.29, 1.82) is 0 Å². The highest BCUT2D eigenvalue weighted by atomic mass is 16.6. The van der Waals surface area contributed by atoms with Crippen molar-refractivity contribution in [3.63, 3.8) is 0 Å². The molecule has 0 saturated carbocycles. The molecule has 12 heavy (non-hydrogen) atoms. The van der Waals surface area contributed by atoms with E-state index in [-0.39, 0.29) is 12.4 Å². The SMILES string of the molecule is CC(C)(C)C(=O)C1COC(=O)N1.